The van der Waals surface area contributed by atoms with Gasteiger partial charge in [-0.3, -0.25) is 0 Å². The van der Waals surface area contributed by atoms with Gasteiger partial charge in [0.2, 0.25) is 0 Å². The van der Waals surface area contributed by atoms with Gasteiger partial charge in [-0.05, 0) is 43.4 Å². The number of methoxy groups -OCH3 is 2. The molecule has 2 aromatic rings. The molecule has 200 valence electrons. The molecule has 3 aliphatic heterocycles. The second-order valence-corrected chi connectivity index (χ2v) is 10.1. The fourth-order valence-electron chi connectivity index (χ4n) is 6.15. The summed E-state index contributed by atoms with van der Waals surface area (Å²) in [5.41, 5.74) is 1.38. The third kappa shape index (κ3) is 5.25. The molecule has 2 unspecified atom stereocenters. The summed E-state index contributed by atoms with van der Waals surface area (Å²) in [7, 11) is 3.22. The van der Waals surface area contributed by atoms with Crippen LogP contribution in [-0.2, 0) is 20.8 Å². The lowest BCUT2D eigenvalue weighted by Crippen LogP contribution is -2.56. The maximum Gasteiger partial charge on any atom is 0.410 e. The summed E-state index contributed by atoms with van der Waals surface area (Å²) in [6.45, 7) is 2.18. The number of halogens is 2. The third-order valence-corrected chi connectivity index (χ3v) is 7.98. The van der Waals surface area contributed by atoms with E-state index in [4.69, 9.17) is 14.2 Å². The first-order valence-electron chi connectivity index (χ1n) is 13.0. The van der Waals surface area contributed by atoms with Crippen molar-refractivity contribution in [3.05, 3.63) is 59.7 Å². The maximum absolute atomic E-state index is 16.0. The van der Waals surface area contributed by atoms with Crippen molar-refractivity contribution < 1.29 is 27.8 Å². The largest absolute Gasteiger partial charge is 0.445 e. The van der Waals surface area contributed by atoms with Gasteiger partial charge in [-0.2, -0.15) is 0 Å². The lowest BCUT2D eigenvalue weighted by molar-refractivity contribution is -0.141. The van der Waals surface area contributed by atoms with Gasteiger partial charge in [0.05, 0.1) is 5.69 Å². The Labute approximate surface area is 216 Å². The number of carbonyl (C=O) groups is 1. The second kappa shape index (κ2) is 11.2. The highest BCUT2D eigenvalue weighted by atomic mass is 19.1. The van der Waals surface area contributed by atoms with Crippen LogP contribution >= 0.6 is 0 Å². The van der Waals surface area contributed by atoms with E-state index in [0.29, 0.717) is 31.9 Å². The number of likely N-dealkylation sites (tertiary alicyclic amines) is 1. The van der Waals surface area contributed by atoms with Crippen LogP contribution in [0, 0.1) is 17.6 Å². The van der Waals surface area contributed by atoms with Crippen LogP contribution in [0.3, 0.4) is 0 Å². The fourth-order valence-corrected chi connectivity index (χ4v) is 6.15. The van der Waals surface area contributed by atoms with Crippen molar-refractivity contribution in [1.82, 2.24) is 4.90 Å². The molecule has 0 aliphatic carbocycles. The SMILES string of the molecule is COC(OC)C1CCN(c2c(F)ccc(N3C4CCC3CN(C(=O)OCc3ccccc3)C4)c2F)CC1. The summed E-state index contributed by atoms with van der Waals surface area (Å²) >= 11 is 0. The molecule has 3 saturated heterocycles. The standard InChI is InChI=1S/C28H35F2N3O4/c1-35-27(36-2)20-12-14-31(15-13-20)26-23(29)10-11-24(25(26)30)33-21-8-9-22(33)17-32(16-21)28(34)37-18-19-6-4-3-5-7-19/h3-7,10-11,20-22,27H,8-9,12-18H2,1-2H3. The Hall–Kier alpha value is -2.91. The van der Waals surface area contributed by atoms with Crippen LogP contribution in [0.1, 0.15) is 31.2 Å². The molecule has 2 aromatic carbocycles. The minimum absolute atomic E-state index is 0.0337. The predicted octanol–water partition coefficient (Wildman–Crippen LogP) is 4.79. The van der Waals surface area contributed by atoms with Crippen molar-refractivity contribution in [2.45, 2.75) is 50.7 Å². The number of piperazine rings is 1. The first-order valence-corrected chi connectivity index (χ1v) is 13.0. The number of amides is 1. The Balaban J connectivity index is 1.27. The van der Waals surface area contributed by atoms with Crippen molar-refractivity contribution in [1.29, 1.82) is 0 Å². The Morgan fingerprint density at radius 1 is 0.946 bits per heavy atom. The zero-order chi connectivity index (χ0) is 25.9. The number of benzene rings is 2. The van der Waals surface area contributed by atoms with Crippen LogP contribution in [0.2, 0.25) is 0 Å². The summed E-state index contributed by atoms with van der Waals surface area (Å²) < 4.78 is 47.2. The normalized spacial score (nSPS) is 22.1. The summed E-state index contributed by atoms with van der Waals surface area (Å²) in [6.07, 6.45) is 2.48. The molecule has 3 heterocycles. The molecule has 3 fully saturated rings. The van der Waals surface area contributed by atoms with Crippen molar-refractivity contribution in [2.24, 2.45) is 5.92 Å². The molecular weight excluding hydrogens is 480 g/mol. The van der Waals surface area contributed by atoms with Crippen molar-refractivity contribution >= 4 is 17.5 Å². The van der Waals surface area contributed by atoms with E-state index in [2.05, 4.69) is 4.90 Å². The number of carbonyl (C=O) groups excluding carboxylic acids is 1. The minimum atomic E-state index is -0.551. The van der Waals surface area contributed by atoms with Crippen LogP contribution in [0.25, 0.3) is 0 Å². The van der Waals surface area contributed by atoms with E-state index < -0.39 is 11.6 Å². The third-order valence-electron chi connectivity index (χ3n) is 7.98. The van der Waals surface area contributed by atoms with Gasteiger partial charge in [0.15, 0.2) is 12.1 Å². The molecule has 2 atom stereocenters. The molecule has 7 nitrogen and oxygen atoms in total. The Morgan fingerprint density at radius 2 is 1.59 bits per heavy atom. The molecule has 1 amide bonds. The molecule has 3 aliphatic rings. The summed E-state index contributed by atoms with van der Waals surface area (Å²) in [5, 5.41) is 0. The molecule has 0 aromatic heterocycles. The number of hydrogen-bond donors (Lipinski definition) is 0. The Bertz CT molecular complexity index is 1060. The number of nitrogens with zero attached hydrogens (tertiary/aromatic N) is 3. The Morgan fingerprint density at radius 3 is 2.22 bits per heavy atom. The topological polar surface area (TPSA) is 54.5 Å². The molecular formula is C28H35F2N3O4. The summed E-state index contributed by atoms with van der Waals surface area (Å²) in [4.78, 5) is 18.3. The van der Waals surface area contributed by atoms with Crippen LogP contribution in [0.4, 0.5) is 25.0 Å². The highest BCUT2D eigenvalue weighted by molar-refractivity contribution is 5.70. The van der Waals surface area contributed by atoms with Gasteiger partial charge in [-0.1, -0.05) is 30.3 Å². The molecule has 5 rings (SSSR count). The van der Waals surface area contributed by atoms with E-state index in [-0.39, 0.29) is 42.7 Å². The number of anilines is 2. The molecule has 0 N–H and O–H groups in total. The van der Waals surface area contributed by atoms with Gasteiger partial charge in [0, 0.05) is 58.4 Å². The van der Waals surface area contributed by atoms with Crippen LogP contribution in [0.15, 0.2) is 42.5 Å². The molecule has 0 radical (unpaired) electrons. The predicted molar refractivity (Wildman–Crippen MR) is 137 cm³/mol. The summed E-state index contributed by atoms with van der Waals surface area (Å²) in [5.74, 6) is -0.887. The molecule has 2 bridgehead atoms. The molecule has 0 saturated carbocycles. The van der Waals surface area contributed by atoms with E-state index in [1.54, 1.807) is 30.1 Å². The number of piperidine rings is 1. The van der Waals surface area contributed by atoms with Gasteiger partial charge in [-0.15, -0.1) is 0 Å². The molecule has 0 spiro atoms. The number of fused-ring (bicyclic) bond motifs is 2. The smallest absolute Gasteiger partial charge is 0.410 e. The molecule has 9 heteroatoms. The van der Waals surface area contributed by atoms with Crippen molar-refractivity contribution in [3.63, 3.8) is 0 Å². The number of rotatable bonds is 7. The van der Waals surface area contributed by atoms with E-state index in [1.165, 1.54) is 6.07 Å². The highest BCUT2D eigenvalue weighted by Gasteiger charge is 2.43. The van der Waals surface area contributed by atoms with E-state index >= 15 is 4.39 Å². The average Bonchev–Trinajstić information content (AvgIpc) is 3.17. The highest BCUT2D eigenvalue weighted by Crippen LogP contribution is 2.40. The average molecular weight is 516 g/mol. The van der Waals surface area contributed by atoms with Crippen LogP contribution in [0.5, 0.6) is 0 Å². The van der Waals surface area contributed by atoms with Gasteiger partial charge >= 0.3 is 6.09 Å². The van der Waals surface area contributed by atoms with Gasteiger partial charge < -0.3 is 28.9 Å². The maximum atomic E-state index is 16.0. The lowest BCUT2D eigenvalue weighted by atomic mass is 9.95. The van der Waals surface area contributed by atoms with Crippen LogP contribution < -0.4 is 9.80 Å². The quantitative estimate of drug-likeness (QED) is 0.495. The van der Waals surface area contributed by atoms with Gasteiger partial charge in [0.25, 0.3) is 0 Å². The first-order chi connectivity index (χ1) is 18.0. The van der Waals surface area contributed by atoms with E-state index in [1.807, 2.05) is 30.3 Å². The van der Waals surface area contributed by atoms with Crippen molar-refractivity contribution in [2.75, 3.05) is 50.2 Å². The first kappa shape index (κ1) is 25.7. The van der Waals surface area contributed by atoms with Crippen LogP contribution in [-0.4, -0.2) is 69.8 Å². The number of ether oxygens (including phenoxy) is 3. The number of hydrogen-bond acceptors (Lipinski definition) is 6. The van der Waals surface area contributed by atoms with Gasteiger partial charge in [-0.25, -0.2) is 13.6 Å². The van der Waals surface area contributed by atoms with E-state index in [0.717, 1.165) is 31.2 Å². The fraction of sp³-hybridized carbons (Fsp3) is 0.536. The zero-order valence-electron chi connectivity index (χ0n) is 21.4. The monoisotopic (exact) mass is 515 g/mol. The second-order valence-electron chi connectivity index (χ2n) is 10.1. The van der Waals surface area contributed by atoms with Gasteiger partial charge in [0.1, 0.15) is 18.1 Å². The van der Waals surface area contributed by atoms with Crippen molar-refractivity contribution in [3.8, 4) is 0 Å². The summed E-state index contributed by atoms with van der Waals surface area (Å²) in [6, 6.07) is 12.4. The van der Waals surface area contributed by atoms with E-state index in [9.17, 15) is 9.18 Å². The zero-order valence-corrected chi connectivity index (χ0v) is 21.4. The lowest BCUT2D eigenvalue weighted by Gasteiger charge is -2.42. The minimum Gasteiger partial charge on any atom is -0.445 e. The molecule has 37 heavy (non-hydrogen) atoms. The Kier molecular flexibility index (Phi) is 7.81.